The zero-order valence-corrected chi connectivity index (χ0v) is 14.9. The van der Waals surface area contributed by atoms with Crippen LogP contribution >= 0.6 is 0 Å². The number of carbonyl (C=O) groups is 1. The zero-order chi connectivity index (χ0) is 18.1. The Labute approximate surface area is 152 Å². The largest absolute Gasteiger partial charge is 0.330 e. The molecule has 2 unspecified atom stereocenters. The molecule has 2 aromatic rings. The van der Waals surface area contributed by atoms with Crippen LogP contribution < -0.4 is 5.32 Å². The van der Waals surface area contributed by atoms with Gasteiger partial charge in [0.1, 0.15) is 5.82 Å². The summed E-state index contributed by atoms with van der Waals surface area (Å²) in [7, 11) is 0. The number of hydrogen-bond donors (Lipinski definition) is 1. The summed E-state index contributed by atoms with van der Waals surface area (Å²) in [5.41, 5.74) is 1.22. The predicted molar refractivity (Wildman–Crippen MR) is 95.1 cm³/mol. The first-order chi connectivity index (χ1) is 12.6. The summed E-state index contributed by atoms with van der Waals surface area (Å²) < 4.78 is 15.5. The normalized spacial score (nSPS) is 24.2. The van der Waals surface area contributed by atoms with Gasteiger partial charge in [-0.15, -0.1) is 5.10 Å². The molecule has 2 atom stereocenters. The molecule has 26 heavy (non-hydrogen) atoms. The number of halogens is 1. The SMILES string of the molecule is CC1CCN(C(=O)c2cn(C3CCNCC3)nn2)C1c1cccc(F)c1. The number of benzene rings is 1. The molecule has 2 aliphatic rings. The fourth-order valence-electron chi connectivity index (χ4n) is 4.15. The number of carbonyl (C=O) groups excluding carboxylic acids is 1. The van der Waals surface area contributed by atoms with E-state index in [9.17, 15) is 9.18 Å². The smallest absolute Gasteiger partial charge is 0.276 e. The van der Waals surface area contributed by atoms with E-state index in [1.807, 2.05) is 15.6 Å². The minimum absolute atomic E-state index is 0.121. The maximum atomic E-state index is 13.7. The van der Waals surface area contributed by atoms with Gasteiger partial charge in [-0.2, -0.15) is 0 Å². The lowest BCUT2D eigenvalue weighted by molar-refractivity contribution is 0.0714. The van der Waals surface area contributed by atoms with Crippen molar-refractivity contribution >= 4 is 5.91 Å². The Morgan fingerprint density at radius 3 is 2.85 bits per heavy atom. The highest BCUT2D eigenvalue weighted by Gasteiger charge is 2.37. The molecule has 138 valence electrons. The maximum Gasteiger partial charge on any atom is 0.276 e. The van der Waals surface area contributed by atoms with Crippen molar-refractivity contribution in [2.24, 2.45) is 5.92 Å². The molecule has 1 amide bonds. The van der Waals surface area contributed by atoms with Crippen LogP contribution in [0, 0.1) is 11.7 Å². The van der Waals surface area contributed by atoms with Crippen LogP contribution in [-0.4, -0.2) is 45.4 Å². The molecule has 4 rings (SSSR count). The molecule has 2 aliphatic heterocycles. The topological polar surface area (TPSA) is 63.1 Å². The molecule has 1 N–H and O–H groups in total. The van der Waals surface area contributed by atoms with Gasteiger partial charge in [-0.05, 0) is 56.0 Å². The van der Waals surface area contributed by atoms with Gasteiger partial charge in [0.2, 0.25) is 0 Å². The fraction of sp³-hybridized carbons (Fsp3) is 0.526. The lowest BCUT2D eigenvalue weighted by Gasteiger charge is -2.27. The van der Waals surface area contributed by atoms with Crippen molar-refractivity contribution in [1.29, 1.82) is 0 Å². The summed E-state index contributed by atoms with van der Waals surface area (Å²) in [6, 6.07) is 6.72. The Balaban J connectivity index is 1.56. The Hall–Kier alpha value is -2.28. The van der Waals surface area contributed by atoms with Crippen molar-refractivity contribution in [1.82, 2.24) is 25.2 Å². The molecule has 1 aromatic heterocycles. The molecular weight excluding hydrogens is 333 g/mol. The molecule has 0 bridgehead atoms. The van der Waals surface area contributed by atoms with Gasteiger partial charge in [-0.3, -0.25) is 4.79 Å². The third-order valence-corrected chi connectivity index (χ3v) is 5.56. The fourth-order valence-corrected chi connectivity index (χ4v) is 4.15. The molecule has 0 saturated carbocycles. The van der Waals surface area contributed by atoms with Crippen LogP contribution in [0.15, 0.2) is 30.5 Å². The first-order valence-electron chi connectivity index (χ1n) is 9.32. The van der Waals surface area contributed by atoms with Crippen LogP contribution in [0.1, 0.15) is 54.3 Å². The van der Waals surface area contributed by atoms with Crippen LogP contribution in [0.4, 0.5) is 4.39 Å². The summed E-state index contributed by atoms with van der Waals surface area (Å²) >= 11 is 0. The average Bonchev–Trinajstić information content (AvgIpc) is 3.29. The molecule has 2 saturated heterocycles. The van der Waals surface area contributed by atoms with E-state index in [1.165, 1.54) is 12.1 Å². The summed E-state index contributed by atoms with van der Waals surface area (Å²) in [5.74, 6) is -0.116. The number of aromatic nitrogens is 3. The molecule has 0 spiro atoms. The van der Waals surface area contributed by atoms with Gasteiger partial charge in [-0.25, -0.2) is 9.07 Å². The van der Waals surface area contributed by atoms with E-state index in [0.717, 1.165) is 37.9 Å². The monoisotopic (exact) mass is 357 g/mol. The van der Waals surface area contributed by atoms with E-state index in [1.54, 1.807) is 12.3 Å². The number of likely N-dealkylation sites (tertiary alicyclic amines) is 1. The third kappa shape index (κ3) is 3.23. The molecular formula is C19H24FN5O. The number of nitrogens with zero attached hydrogens (tertiary/aromatic N) is 4. The maximum absolute atomic E-state index is 13.7. The van der Waals surface area contributed by atoms with Crippen LogP contribution in [0.5, 0.6) is 0 Å². The molecule has 2 fully saturated rings. The minimum Gasteiger partial charge on any atom is -0.330 e. The number of amides is 1. The summed E-state index contributed by atoms with van der Waals surface area (Å²) in [5, 5.41) is 11.7. The van der Waals surface area contributed by atoms with E-state index < -0.39 is 0 Å². The van der Waals surface area contributed by atoms with Crippen molar-refractivity contribution in [3.63, 3.8) is 0 Å². The van der Waals surface area contributed by atoms with E-state index in [4.69, 9.17) is 0 Å². The van der Waals surface area contributed by atoms with Crippen molar-refractivity contribution in [3.05, 3.63) is 47.5 Å². The first-order valence-corrected chi connectivity index (χ1v) is 9.32. The van der Waals surface area contributed by atoms with Crippen molar-refractivity contribution in [2.75, 3.05) is 19.6 Å². The van der Waals surface area contributed by atoms with Gasteiger partial charge in [0.15, 0.2) is 5.69 Å². The van der Waals surface area contributed by atoms with E-state index in [-0.39, 0.29) is 23.7 Å². The Morgan fingerprint density at radius 1 is 1.27 bits per heavy atom. The molecule has 0 radical (unpaired) electrons. The molecule has 3 heterocycles. The molecule has 0 aliphatic carbocycles. The second-order valence-corrected chi connectivity index (χ2v) is 7.33. The van der Waals surface area contributed by atoms with Crippen molar-refractivity contribution < 1.29 is 9.18 Å². The Kier molecular flexibility index (Phi) is 4.72. The number of hydrogen-bond acceptors (Lipinski definition) is 4. The summed E-state index contributed by atoms with van der Waals surface area (Å²) in [6.07, 6.45) is 4.65. The van der Waals surface area contributed by atoms with E-state index in [2.05, 4.69) is 22.6 Å². The second-order valence-electron chi connectivity index (χ2n) is 7.33. The summed E-state index contributed by atoms with van der Waals surface area (Å²) in [4.78, 5) is 14.9. The lowest BCUT2D eigenvalue weighted by Crippen LogP contribution is -2.32. The second kappa shape index (κ2) is 7.15. The zero-order valence-electron chi connectivity index (χ0n) is 14.9. The molecule has 6 nitrogen and oxygen atoms in total. The van der Waals surface area contributed by atoms with Crippen molar-refractivity contribution in [2.45, 2.75) is 38.3 Å². The van der Waals surface area contributed by atoms with Gasteiger partial charge in [-0.1, -0.05) is 24.3 Å². The predicted octanol–water partition coefficient (Wildman–Crippen LogP) is 2.57. The highest BCUT2D eigenvalue weighted by molar-refractivity contribution is 5.92. The van der Waals surface area contributed by atoms with E-state index >= 15 is 0 Å². The lowest BCUT2D eigenvalue weighted by atomic mass is 9.95. The van der Waals surface area contributed by atoms with E-state index in [0.29, 0.717) is 18.3 Å². The van der Waals surface area contributed by atoms with Crippen LogP contribution in [-0.2, 0) is 0 Å². The highest BCUT2D eigenvalue weighted by atomic mass is 19.1. The molecule has 1 aromatic carbocycles. The summed E-state index contributed by atoms with van der Waals surface area (Å²) in [6.45, 7) is 4.67. The standard InChI is InChI=1S/C19H24FN5O/c1-13-7-10-24(18(13)14-3-2-4-15(20)11-14)19(26)17-12-25(23-22-17)16-5-8-21-9-6-16/h2-4,11-13,16,18,21H,5-10H2,1H3. The van der Waals surface area contributed by atoms with Gasteiger partial charge in [0, 0.05) is 6.54 Å². The minimum atomic E-state index is -0.272. The number of nitrogens with one attached hydrogen (secondary N) is 1. The van der Waals surface area contributed by atoms with Gasteiger partial charge < -0.3 is 10.2 Å². The van der Waals surface area contributed by atoms with Gasteiger partial charge in [0.25, 0.3) is 5.91 Å². The van der Waals surface area contributed by atoms with Crippen LogP contribution in [0.3, 0.4) is 0 Å². The first kappa shape index (κ1) is 17.1. The number of piperidine rings is 1. The Morgan fingerprint density at radius 2 is 2.08 bits per heavy atom. The quantitative estimate of drug-likeness (QED) is 0.917. The third-order valence-electron chi connectivity index (χ3n) is 5.56. The molecule has 7 heteroatoms. The van der Waals surface area contributed by atoms with Crippen molar-refractivity contribution in [3.8, 4) is 0 Å². The highest BCUT2D eigenvalue weighted by Crippen LogP contribution is 2.38. The van der Waals surface area contributed by atoms with Crippen LogP contribution in [0.2, 0.25) is 0 Å². The average molecular weight is 357 g/mol. The Bertz CT molecular complexity index is 786. The van der Waals surface area contributed by atoms with Crippen LogP contribution in [0.25, 0.3) is 0 Å². The number of rotatable bonds is 3. The van der Waals surface area contributed by atoms with Gasteiger partial charge in [0.05, 0.1) is 18.3 Å². The van der Waals surface area contributed by atoms with Gasteiger partial charge >= 0.3 is 0 Å².